The number of ether oxygens (including phenoxy) is 1. The van der Waals surface area contributed by atoms with E-state index in [1.807, 2.05) is 0 Å². The van der Waals surface area contributed by atoms with Crippen LogP contribution in [-0.4, -0.2) is 64.5 Å². The molecule has 0 amide bonds. The van der Waals surface area contributed by atoms with Crippen molar-refractivity contribution in [2.24, 2.45) is 0 Å². The van der Waals surface area contributed by atoms with Crippen LogP contribution in [0.3, 0.4) is 0 Å². The summed E-state index contributed by atoms with van der Waals surface area (Å²) < 4.78 is 32.4. The highest BCUT2D eigenvalue weighted by molar-refractivity contribution is 7.90. The summed E-state index contributed by atoms with van der Waals surface area (Å²) in [5.41, 5.74) is 0. The van der Waals surface area contributed by atoms with Crippen LogP contribution >= 0.6 is 0 Å². The molecule has 0 aromatic carbocycles. The van der Waals surface area contributed by atoms with Crippen molar-refractivity contribution in [2.45, 2.75) is 6.54 Å². The highest BCUT2D eigenvalue weighted by atomic mass is 32.2. The van der Waals surface area contributed by atoms with Crippen LogP contribution in [0.4, 0.5) is 6.01 Å². The van der Waals surface area contributed by atoms with Crippen LogP contribution in [0.25, 0.3) is 0 Å². The predicted molar refractivity (Wildman–Crippen MR) is 70.9 cm³/mol. The summed E-state index contributed by atoms with van der Waals surface area (Å²) in [6.45, 7) is 2.07. The Kier molecular flexibility index (Phi) is 6.19. The molecule has 1 heterocycles. The van der Waals surface area contributed by atoms with E-state index < -0.39 is 9.84 Å². The van der Waals surface area contributed by atoms with Gasteiger partial charge >= 0.3 is 6.01 Å². The standard InChI is InChI=1S/C10H20N4O4S/c1-14(5-7-19(3,15)16)10-13-12-9(18-10)8-11-4-6-17-2/h11H,4-8H2,1-3H3. The molecule has 9 heteroatoms. The van der Waals surface area contributed by atoms with Gasteiger partial charge in [-0.25, -0.2) is 8.42 Å². The van der Waals surface area contributed by atoms with E-state index in [0.717, 1.165) is 0 Å². The molecule has 0 spiro atoms. The third kappa shape index (κ3) is 6.50. The molecule has 0 unspecified atom stereocenters. The second-order valence-electron chi connectivity index (χ2n) is 4.20. The Morgan fingerprint density at radius 1 is 1.42 bits per heavy atom. The van der Waals surface area contributed by atoms with Gasteiger partial charge in [0.05, 0.1) is 18.9 Å². The largest absolute Gasteiger partial charge is 0.407 e. The minimum Gasteiger partial charge on any atom is -0.407 e. The third-order valence-corrected chi connectivity index (χ3v) is 3.26. The number of methoxy groups -OCH3 is 1. The molecule has 0 fully saturated rings. The van der Waals surface area contributed by atoms with Gasteiger partial charge in [0.2, 0.25) is 5.89 Å². The van der Waals surface area contributed by atoms with E-state index >= 15 is 0 Å². The lowest BCUT2D eigenvalue weighted by Gasteiger charge is -2.12. The van der Waals surface area contributed by atoms with Crippen molar-refractivity contribution >= 4 is 15.9 Å². The molecule has 1 rings (SSSR count). The fourth-order valence-corrected chi connectivity index (χ4v) is 1.84. The Morgan fingerprint density at radius 3 is 2.79 bits per heavy atom. The van der Waals surface area contributed by atoms with Crippen LogP contribution in [0.5, 0.6) is 0 Å². The van der Waals surface area contributed by atoms with Gasteiger partial charge in [-0.3, -0.25) is 0 Å². The monoisotopic (exact) mass is 292 g/mol. The molecule has 0 aliphatic rings. The Labute approximate surface area is 113 Å². The lowest BCUT2D eigenvalue weighted by atomic mass is 10.6. The minimum atomic E-state index is -3.00. The van der Waals surface area contributed by atoms with Gasteiger partial charge in [0.15, 0.2) is 0 Å². The summed E-state index contributed by atoms with van der Waals surface area (Å²) in [6, 6.07) is 0.312. The van der Waals surface area contributed by atoms with Crippen LogP contribution in [0.15, 0.2) is 4.42 Å². The van der Waals surface area contributed by atoms with Crippen LogP contribution < -0.4 is 10.2 Å². The summed E-state index contributed by atoms with van der Waals surface area (Å²) in [5.74, 6) is 0.505. The maximum absolute atomic E-state index is 11.1. The van der Waals surface area contributed by atoms with Crippen molar-refractivity contribution in [3.05, 3.63) is 5.89 Å². The number of hydrogen-bond donors (Lipinski definition) is 1. The van der Waals surface area contributed by atoms with E-state index in [9.17, 15) is 8.42 Å². The number of anilines is 1. The quantitative estimate of drug-likeness (QED) is 0.596. The highest BCUT2D eigenvalue weighted by Crippen LogP contribution is 2.09. The number of aromatic nitrogens is 2. The number of nitrogens with one attached hydrogen (secondary N) is 1. The van der Waals surface area contributed by atoms with Crippen molar-refractivity contribution in [1.29, 1.82) is 0 Å². The smallest absolute Gasteiger partial charge is 0.317 e. The molecule has 1 N–H and O–H groups in total. The minimum absolute atomic E-state index is 0.0489. The summed E-state index contributed by atoms with van der Waals surface area (Å²) in [7, 11) is 0.339. The van der Waals surface area contributed by atoms with Gasteiger partial charge in [0.1, 0.15) is 9.84 Å². The number of sulfone groups is 1. The first-order valence-electron chi connectivity index (χ1n) is 5.83. The van der Waals surface area contributed by atoms with E-state index in [4.69, 9.17) is 9.15 Å². The molecule has 0 saturated heterocycles. The van der Waals surface area contributed by atoms with Gasteiger partial charge in [-0.1, -0.05) is 5.10 Å². The maximum Gasteiger partial charge on any atom is 0.317 e. The van der Waals surface area contributed by atoms with E-state index in [-0.39, 0.29) is 5.75 Å². The fraction of sp³-hybridized carbons (Fsp3) is 0.800. The molecule has 0 aliphatic carbocycles. The third-order valence-electron chi connectivity index (χ3n) is 2.34. The predicted octanol–water partition coefficient (Wildman–Crippen LogP) is -0.714. The highest BCUT2D eigenvalue weighted by Gasteiger charge is 2.12. The summed E-state index contributed by atoms with van der Waals surface area (Å²) in [5, 5.41) is 10.8. The Bertz CT molecular complexity index is 474. The second kappa shape index (κ2) is 7.41. The topological polar surface area (TPSA) is 97.6 Å². The van der Waals surface area contributed by atoms with Gasteiger partial charge in [0, 0.05) is 33.5 Å². The van der Waals surface area contributed by atoms with Crippen LogP contribution in [0.1, 0.15) is 5.89 Å². The zero-order valence-electron chi connectivity index (χ0n) is 11.4. The van der Waals surface area contributed by atoms with Crippen molar-refractivity contribution in [3.63, 3.8) is 0 Å². The molecular formula is C10H20N4O4S. The first-order chi connectivity index (χ1) is 8.92. The summed E-state index contributed by atoms with van der Waals surface area (Å²) in [4.78, 5) is 1.62. The number of rotatable bonds is 9. The average molecular weight is 292 g/mol. The van der Waals surface area contributed by atoms with Crippen molar-refractivity contribution in [2.75, 3.05) is 50.8 Å². The Morgan fingerprint density at radius 2 is 2.16 bits per heavy atom. The van der Waals surface area contributed by atoms with E-state index in [2.05, 4.69) is 15.5 Å². The number of hydrogen-bond acceptors (Lipinski definition) is 8. The van der Waals surface area contributed by atoms with Gasteiger partial charge in [-0.05, 0) is 0 Å². The van der Waals surface area contributed by atoms with Gasteiger partial charge in [-0.2, -0.15) is 0 Å². The number of nitrogens with zero attached hydrogens (tertiary/aromatic N) is 3. The van der Waals surface area contributed by atoms with Crippen molar-refractivity contribution < 1.29 is 17.6 Å². The summed E-state index contributed by atoms with van der Waals surface area (Å²) >= 11 is 0. The van der Waals surface area contributed by atoms with Gasteiger partial charge < -0.3 is 19.4 Å². The van der Waals surface area contributed by atoms with Crippen molar-refractivity contribution in [3.8, 4) is 0 Å². The molecule has 1 aromatic heterocycles. The lowest BCUT2D eigenvalue weighted by molar-refractivity contribution is 0.198. The first-order valence-corrected chi connectivity index (χ1v) is 7.89. The molecule has 0 bridgehead atoms. The van der Waals surface area contributed by atoms with Crippen LogP contribution in [-0.2, 0) is 21.1 Å². The van der Waals surface area contributed by atoms with Gasteiger partial charge in [-0.15, -0.1) is 5.10 Å². The second-order valence-corrected chi connectivity index (χ2v) is 6.46. The SMILES string of the molecule is COCCNCc1nnc(N(C)CCS(C)(=O)=O)o1. The first kappa shape index (κ1) is 15.9. The zero-order chi connectivity index (χ0) is 14.3. The lowest BCUT2D eigenvalue weighted by Crippen LogP contribution is -2.25. The molecule has 1 aromatic rings. The van der Waals surface area contributed by atoms with Crippen LogP contribution in [0.2, 0.25) is 0 Å². The molecule has 110 valence electrons. The Balaban J connectivity index is 2.40. The van der Waals surface area contributed by atoms with E-state index in [1.165, 1.54) is 6.26 Å². The fourth-order valence-electron chi connectivity index (χ4n) is 1.24. The normalized spacial score (nSPS) is 11.7. The molecule has 8 nitrogen and oxygen atoms in total. The molecule has 0 atom stereocenters. The van der Waals surface area contributed by atoms with E-state index in [0.29, 0.717) is 38.1 Å². The molecule has 0 radical (unpaired) electrons. The average Bonchev–Trinajstić information content (AvgIpc) is 2.79. The summed E-state index contributed by atoms with van der Waals surface area (Å²) in [6.07, 6.45) is 1.19. The molecule has 19 heavy (non-hydrogen) atoms. The van der Waals surface area contributed by atoms with Crippen LogP contribution in [0, 0.1) is 0 Å². The van der Waals surface area contributed by atoms with Gasteiger partial charge in [0.25, 0.3) is 0 Å². The molecule has 0 saturated carbocycles. The molecular weight excluding hydrogens is 272 g/mol. The zero-order valence-corrected chi connectivity index (χ0v) is 12.2. The van der Waals surface area contributed by atoms with E-state index in [1.54, 1.807) is 19.1 Å². The Hall–Kier alpha value is -1.19. The van der Waals surface area contributed by atoms with Crippen molar-refractivity contribution in [1.82, 2.24) is 15.5 Å². The molecule has 0 aliphatic heterocycles. The maximum atomic E-state index is 11.1.